The van der Waals surface area contributed by atoms with Crippen molar-refractivity contribution in [1.29, 1.82) is 0 Å². The molecule has 0 aliphatic rings. The smallest absolute Gasteiger partial charge is 0.271 e. The molecule has 0 saturated carbocycles. The Balaban J connectivity index is 1.98. The number of ether oxygens (including phenoxy) is 1. The lowest BCUT2D eigenvalue weighted by Gasteiger charge is -2.08. The van der Waals surface area contributed by atoms with Gasteiger partial charge in [-0.2, -0.15) is 0 Å². The maximum absolute atomic E-state index is 13.5. The summed E-state index contributed by atoms with van der Waals surface area (Å²) in [6.45, 7) is 0.998. The third-order valence-corrected chi connectivity index (χ3v) is 2.91. The van der Waals surface area contributed by atoms with Gasteiger partial charge in [-0.25, -0.2) is 18.7 Å². The fourth-order valence-electron chi connectivity index (χ4n) is 1.76. The van der Waals surface area contributed by atoms with Gasteiger partial charge in [0.05, 0.1) is 12.4 Å². The van der Waals surface area contributed by atoms with E-state index in [1.54, 1.807) is 7.11 Å². The fraction of sp³-hybridized carbons (Fsp3) is 0.267. The Morgan fingerprint density at radius 2 is 1.96 bits per heavy atom. The molecule has 6 nitrogen and oxygen atoms in total. The average molecular weight is 322 g/mol. The number of methoxy groups -OCH3 is 1. The number of aromatic nitrogens is 2. The van der Waals surface area contributed by atoms with Crippen LogP contribution in [0.15, 0.2) is 30.6 Å². The predicted molar refractivity (Wildman–Crippen MR) is 80.5 cm³/mol. The molecule has 0 unspecified atom stereocenters. The number of carbonyl (C=O) groups is 1. The van der Waals surface area contributed by atoms with Gasteiger partial charge in [0.2, 0.25) is 0 Å². The topological polar surface area (TPSA) is 76.1 Å². The van der Waals surface area contributed by atoms with Crippen LogP contribution < -0.4 is 10.6 Å². The molecule has 8 heteroatoms. The van der Waals surface area contributed by atoms with E-state index in [1.807, 2.05) is 0 Å². The highest BCUT2D eigenvalue weighted by Gasteiger charge is 2.11. The maximum Gasteiger partial charge on any atom is 0.271 e. The number of hydrogen-bond acceptors (Lipinski definition) is 5. The molecule has 122 valence electrons. The normalized spacial score (nSPS) is 10.4. The number of para-hydroxylation sites is 1. The molecule has 2 N–H and O–H groups in total. The first-order valence-electron chi connectivity index (χ1n) is 6.92. The van der Waals surface area contributed by atoms with Gasteiger partial charge in [-0.05, 0) is 18.6 Å². The van der Waals surface area contributed by atoms with E-state index in [-0.39, 0.29) is 23.1 Å². The molecule has 1 aromatic heterocycles. The number of benzene rings is 1. The van der Waals surface area contributed by atoms with Crippen LogP contribution in [0.5, 0.6) is 0 Å². The van der Waals surface area contributed by atoms with Crippen molar-refractivity contribution >= 4 is 17.4 Å². The summed E-state index contributed by atoms with van der Waals surface area (Å²) in [5.74, 6) is -1.74. The highest BCUT2D eigenvalue weighted by molar-refractivity contribution is 5.92. The summed E-state index contributed by atoms with van der Waals surface area (Å²) < 4.78 is 31.9. The SMILES string of the molecule is COCCCNC(=O)c1cnc(Nc2c(F)cccc2F)cn1. The van der Waals surface area contributed by atoms with Gasteiger partial charge in [0.15, 0.2) is 0 Å². The molecule has 0 bridgehead atoms. The van der Waals surface area contributed by atoms with E-state index in [0.29, 0.717) is 19.6 Å². The van der Waals surface area contributed by atoms with Crippen molar-refractivity contribution in [2.45, 2.75) is 6.42 Å². The average Bonchev–Trinajstić information content (AvgIpc) is 2.55. The van der Waals surface area contributed by atoms with Crippen molar-refractivity contribution in [3.05, 3.63) is 47.9 Å². The summed E-state index contributed by atoms with van der Waals surface area (Å²) in [6, 6.07) is 3.51. The Labute approximate surface area is 131 Å². The Hall–Kier alpha value is -2.61. The molecule has 2 aromatic rings. The number of nitrogens with zero attached hydrogens (tertiary/aromatic N) is 2. The van der Waals surface area contributed by atoms with E-state index >= 15 is 0 Å². The summed E-state index contributed by atoms with van der Waals surface area (Å²) in [5, 5.41) is 5.15. The second-order valence-electron chi connectivity index (χ2n) is 4.61. The first-order valence-corrected chi connectivity index (χ1v) is 6.92. The van der Waals surface area contributed by atoms with Crippen LogP contribution in [0.25, 0.3) is 0 Å². The molecule has 0 radical (unpaired) electrons. The molecule has 23 heavy (non-hydrogen) atoms. The van der Waals surface area contributed by atoms with Crippen molar-refractivity contribution in [2.24, 2.45) is 0 Å². The van der Waals surface area contributed by atoms with Crippen LogP contribution in [0.1, 0.15) is 16.9 Å². The molecule has 0 aliphatic heterocycles. The molecule has 0 saturated heterocycles. The fourth-order valence-corrected chi connectivity index (χ4v) is 1.76. The van der Waals surface area contributed by atoms with Crippen LogP contribution in [-0.4, -0.2) is 36.1 Å². The lowest BCUT2D eigenvalue weighted by atomic mass is 10.3. The van der Waals surface area contributed by atoms with Gasteiger partial charge in [0.25, 0.3) is 5.91 Å². The van der Waals surface area contributed by atoms with E-state index in [1.165, 1.54) is 18.5 Å². The van der Waals surface area contributed by atoms with Crippen molar-refractivity contribution in [2.75, 3.05) is 25.6 Å². The Bertz CT molecular complexity index is 645. The Morgan fingerprint density at radius 3 is 2.57 bits per heavy atom. The molecule has 0 spiro atoms. The summed E-state index contributed by atoms with van der Waals surface area (Å²) in [5.41, 5.74) is -0.208. The zero-order chi connectivity index (χ0) is 16.7. The number of amides is 1. The van der Waals surface area contributed by atoms with Crippen LogP contribution in [-0.2, 0) is 4.74 Å². The van der Waals surface area contributed by atoms with Crippen LogP contribution in [0.4, 0.5) is 20.3 Å². The molecule has 2 rings (SSSR count). The van der Waals surface area contributed by atoms with Crippen molar-refractivity contribution in [3.8, 4) is 0 Å². The van der Waals surface area contributed by atoms with Crippen molar-refractivity contribution in [3.63, 3.8) is 0 Å². The lowest BCUT2D eigenvalue weighted by Crippen LogP contribution is -2.26. The summed E-state index contributed by atoms with van der Waals surface area (Å²) in [4.78, 5) is 19.6. The van der Waals surface area contributed by atoms with Gasteiger partial charge in [-0.3, -0.25) is 4.79 Å². The Kier molecular flexibility index (Phi) is 5.93. The van der Waals surface area contributed by atoms with Crippen molar-refractivity contribution in [1.82, 2.24) is 15.3 Å². The van der Waals surface area contributed by atoms with Gasteiger partial charge >= 0.3 is 0 Å². The predicted octanol–water partition coefficient (Wildman–Crippen LogP) is 2.26. The third kappa shape index (κ3) is 4.68. The molecule has 1 amide bonds. The standard InChI is InChI=1S/C15H16F2N4O2/c1-23-7-3-6-18-15(22)12-8-20-13(9-19-12)21-14-10(16)4-2-5-11(14)17/h2,4-5,8-9H,3,6-7H2,1H3,(H,18,22)(H,20,21). The minimum absolute atomic E-state index is 0.113. The summed E-state index contributed by atoms with van der Waals surface area (Å²) in [6.07, 6.45) is 3.14. The molecular weight excluding hydrogens is 306 g/mol. The van der Waals surface area contributed by atoms with Gasteiger partial charge in [0, 0.05) is 20.3 Å². The highest BCUT2D eigenvalue weighted by atomic mass is 19.1. The molecule has 0 aliphatic carbocycles. The molecule has 1 heterocycles. The number of nitrogens with one attached hydrogen (secondary N) is 2. The van der Waals surface area contributed by atoms with Crippen LogP contribution >= 0.6 is 0 Å². The minimum Gasteiger partial charge on any atom is -0.385 e. The number of anilines is 2. The van der Waals surface area contributed by atoms with Crippen LogP contribution in [0.2, 0.25) is 0 Å². The van der Waals surface area contributed by atoms with Gasteiger partial charge < -0.3 is 15.4 Å². The highest BCUT2D eigenvalue weighted by Crippen LogP contribution is 2.21. The van der Waals surface area contributed by atoms with Gasteiger partial charge in [-0.1, -0.05) is 6.07 Å². The molecular formula is C15H16F2N4O2. The first kappa shape index (κ1) is 16.8. The van der Waals surface area contributed by atoms with Crippen LogP contribution in [0.3, 0.4) is 0 Å². The first-order chi connectivity index (χ1) is 11.1. The zero-order valence-corrected chi connectivity index (χ0v) is 12.5. The number of carbonyl (C=O) groups excluding carboxylic acids is 1. The van der Waals surface area contributed by atoms with Crippen molar-refractivity contribution < 1.29 is 18.3 Å². The largest absolute Gasteiger partial charge is 0.385 e. The van der Waals surface area contributed by atoms with E-state index in [2.05, 4.69) is 20.6 Å². The molecule has 0 fully saturated rings. The second-order valence-corrected chi connectivity index (χ2v) is 4.61. The summed E-state index contributed by atoms with van der Waals surface area (Å²) in [7, 11) is 1.58. The van der Waals surface area contributed by atoms with E-state index in [4.69, 9.17) is 4.74 Å². The van der Waals surface area contributed by atoms with Crippen LogP contribution in [0, 0.1) is 11.6 Å². The molecule has 0 atom stereocenters. The number of halogens is 2. The number of hydrogen-bond donors (Lipinski definition) is 2. The molecule has 1 aromatic carbocycles. The minimum atomic E-state index is -0.744. The monoisotopic (exact) mass is 322 g/mol. The van der Waals surface area contributed by atoms with Gasteiger partial charge in [-0.15, -0.1) is 0 Å². The Morgan fingerprint density at radius 1 is 1.22 bits per heavy atom. The van der Waals surface area contributed by atoms with E-state index in [0.717, 1.165) is 12.1 Å². The van der Waals surface area contributed by atoms with Gasteiger partial charge in [0.1, 0.15) is 28.8 Å². The lowest BCUT2D eigenvalue weighted by molar-refractivity contribution is 0.0943. The van der Waals surface area contributed by atoms with E-state index in [9.17, 15) is 13.6 Å². The maximum atomic E-state index is 13.5. The summed E-state index contributed by atoms with van der Waals surface area (Å²) >= 11 is 0. The second kappa shape index (κ2) is 8.14. The third-order valence-electron chi connectivity index (χ3n) is 2.91. The van der Waals surface area contributed by atoms with E-state index < -0.39 is 11.6 Å². The zero-order valence-electron chi connectivity index (χ0n) is 12.5. The quantitative estimate of drug-likeness (QED) is 0.765. The number of rotatable bonds is 7.